The number of carbonyl (C=O) groups is 2. The Bertz CT molecular complexity index is 1130. The first-order valence-electron chi connectivity index (χ1n) is 10.7. The van der Waals surface area contributed by atoms with Gasteiger partial charge >= 0.3 is 0 Å². The number of anilines is 1. The quantitative estimate of drug-likeness (QED) is 0.710. The number of imide groups is 1. The van der Waals surface area contributed by atoms with Gasteiger partial charge in [0.25, 0.3) is 10.0 Å². The average molecular weight is 441 g/mol. The van der Waals surface area contributed by atoms with Crippen LogP contribution in [0, 0.1) is 32.6 Å². The zero-order chi connectivity index (χ0) is 22.3. The second-order valence-electron chi connectivity index (χ2n) is 8.78. The fourth-order valence-corrected chi connectivity index (χ4v) is 6.16. The second-order valence-corrected chi connectivity index (χ2v) is 10.4. The van der Waals surface area contributed by atoms with Gasteiger partial charge in [-0.05, 0) is 62.4 Å². The number of aryl methyl sites for hydroxylation is 3. The van der Waals surface area contributed by atoms with Crippen LogP contribution in [0.3, 0.4) is 0 Å². The lowest BCUT2D eigenvalue weighted by atomic mass is 9.81. The maximum atomic E-state index is 13.1. The number of likely N-dealkylation sites (tertiary alicyclic amines) is 1. The van der Waals surface area contributed by atoms with Gasteiger partial charge in [-0.25, -0.2) is 8.42 Å². The summed E-state index contributed by atoms with van der Waals surface area (Å²) in [5, 5.41) is 0. The largest absolute Gasteiger partial charge is 0.279 e. The summed E-state index contributed by atoms with van der Waals surface area (Å²) in [5.74, 6) is -0.650. The van der Waals surface area contributed by atoms with Crippen LogP contribution in [0.25, 0.3) is 0 Å². The van der Waals surface area contributed by atoms with E-state index < -0.39 is 10.0 Å². The molecule has 2 amide bonds. The van der Waals surface area contributed by atoms with Gasteiger partial charge in [-0.3, -0.25) is 19.2 Å². The normalized spacial score (nSPS) is 21.3. The smallest absolute Gasteiger partial charge is 0.262 e. The fraction of sp³-hybridized carbons (Fsp3) is 0.417. The minimum atomic E-state index is -3.82. The molecule has 1 aliphatic carbocycles. The zero-order valence-electron chi connectivity index (χ0n) is 18.1. The standard InChI is InChI=1S/C24H28N2O4S/c1-15-8-11-21(17(3)12-15)25-31(29,30)22-13-18(10-9-16(22)2)14-26-23(27)19-6-4-5-7-20(19)24(26)28/h8-13,19-20,25H,4-7,14H2,1-3H3/t19-,20-/m0/s1. The third-order valence-corrected chi connectivity index (χ3v) is 7.95. The molecule has 0 radical (unpaired) electrons. The highest BCUT2D eigenvalue weighted by atomic mass is 32.2. The number of hydrogen-bond donors (Lipinski definition) is 1. The van der Waals surface area contributed by atoms with Gasteiger partial charge in [0, 0.05) is 0 Å². The van der Waals surface area contributed by atoms with Crippen molar-refractivity contribution in [1.29, 1.82) is 0 Å². The highest BCUT2D eigenvalue weighted by molar-refractivity contribution is 7.92. The van der Waals surface area contributed by atoms with E-state index in [9.17, 15) is 18.0 Å². The van der Waals surface area contributed by atoms with E-state index in [2.05, 4.69) is 4.72 Å². The maximum absolute atomic E-state index is 13.1. The van der Waals surface area contributed by atoms with E-state index in [0.29, 0.717) is 16.8 Å². The number of nitrogens with zero attached hydrogens (tertiary/aromatic N) is 1. The predicted molar refractivity (Wildman–Crippen MR) is 119 cm³/mol. The van der Waals surface area contributed by atoms with Crippen LogP contribution in [0.1, 0.15) is 47.9 Å². The number of amides is 2. The number of hydrogen-bond acceptors (Lipinski definition) is 4. The molecule has 1 saturated heterocycles. The van der Waals surface area contributed by atoms with E-state index in [0.717, 1.165) is 36.8 Å². The summed E-state index contributed by atoms with van der Waals surface area (Å²) in [6.07, 6.45) is 3.48. The lowest BCUT2D eigenvalue weighted by molar-refractivity contribution is -0.140. The van der Waals surface area contributed by atoms with Gasteiger partial charge in [0.1, 0.15) is 0 Å². The fourth-order valence-electron chi connectivity index (χ4n) is 4.73. The first-order valence-corrected chi connectivity index (χ1v) is 12.2. The third-order valence-electron chi connectivity index (χ3n) is 6.44. The predicted octanol–water partition coefficient (Wildman–Crippen LogP) is 4.09. The highest BCUT2D eigenvalue weighted by Crippen LogP contribution is 2.38. The van der Waals surface area contributed by atoms with Gasteiger partial charge in [0.15, 0.2) is 0 Å². The van der Waals surface area contributed by atoms with E-state index in [1.54, 1.807) is 31.2 Å². The molecule has 6 nitrogen and oxygen atoms in total. The lowest BCUT2D eigenvalue weighted by Crippen LogP contribution is -2.30. The number of sulfonamides is 1. The van der Waals surface area contributed by atoms with E-state index in [1.165, 1.54) is 4.90 Å². The molecule has 0 aromatic heterocycles. The molecular formula is C24H28N2O4S. The van der Waals surface area contributed by atoms with Gasteiger partial charge in [-0.15, -0.1) is 0 Å². The van der Waals surface area contributed by atoms with Gasteiger partial charge in [-0.1, -0.05) is 42.7 Å². The van der Waals surface area contributed by atoms with E-state index >= 15 is 0 Å². The molecule has 0 spiro atoms. The molecule has 4 rings (SSSR count). The summed E-state index contributed by atoms with van der Waals surface area (Å²) < 4.78 is 28.9. The molecule has 31 heavy (non-hydrogen) atoms. The topological polar surface area (TPSA) is 83.6 Å². The Morgan fingerprint density at radius 1 is 0.903 bits per heavy atom. The van der Waals surface area contributed by atoms with Crippen molar-refractivity contribution >= 4 is 27.5 Å². The number of rotatable bonds is 5. The maximum Gasteiger partial charge on any atom is 0.262 e. The van der Waals surface area contributed by atoms with Crippen molar-refractivity contribution in [2.24, 2.45) is 11.8 Å². The number of benzene rings is 2. The molecule has 1 saturated carbocycles. The van der Waals surface area contributed by atoms with Gasteiger partial charge < -0.3 is 0 Å². The van der Waals surface area contributed by atoms with Gasteiger partial charge in [-0.2, -0.15) is 0 Å². The molecule has 0 bridgehead atoms. The minimum absolute atomic E-state index is 0.108. The van der Waals surface area contributed by atoms with Gasteiger partial charge in [0.2, 0.25) is 11.8 Å². The van der Waals surface area contributed by atoms with Gasteiger partial charge in [0.05, 0.1) is 29.0 Å². The van der Waals surface area contributed by atoms with Crippen molar-refractivity contribution in [1.82, 2.24) is 4.90 Å². The Balaban J connectivity index is 1.60. The van der Waals surface area contributed by atoms with Crippen LogP contribution in [0.2, 0.25) is 0 Å². The molecule has 7 heteroatoms. The Kier molecular flexibility index (Phi) is 5.64. The molecule has 2 atom stereocenters. The van der Waals surface area contributed by atoms with Crippen LogP contribution in [0.4, 0.5) is 5.69 Å². The summed E-state index contributed by atoms with van der Waals surface area (Å²) >= 11 is 0. The summed E-state index contributed by atoms with van der Waals surface area (Å²) in [4.78, 5) is 27.0. The van der Waals surface area contributed by atoms with E-state index in [1.807, 2.05) is 26.0 Å². The molecule has 0 unspecified atom stereocenters. The first kappa shape index (κ1) is 21.6. The first-order chi connectivity index (χ1) is 14.7. The van der Waals surface area contributed by atoms with Crippen LogP contribution < -0.4 is 4.72 Å². The second kappa shape index (κ2) is 8.11. The summed E-state index contributed by atoms with van der Waals surface area (Å²) in [7, 11) is -3.82. The van der Waals surface area contributed by atoms with Crippen molar-refractivity contribution in [3.8, 4) is 0 Å². The third kappa shape index (κ3) is 4.11. The van der Waals surface area contributed by atoms with Crippen molar-refractivity contribution in [2.75, 3.05) is 4.72 Å². The Morgan fingerprint density at radius 2 is 1.55 bits per heavy atom. The molecule has 164 valence electrons. The van der Waals surface area contributed by atoms with E-state index in [4.69, 9.17) is 0 Å². The molecular weight excluding hydrogens is 412 g/mol. The summed E-state index contributed by atoms with van der Waals surface area (Å²) in [6, 6.07) is 10.6. The van der Waals surface area contributed by atoms with Crippen molar-refractivity contribution in [2.45, 2.75) is 57.9 Å². The lowest BCUT2D eigenvalue weighted by Gasteiger charge is -2.19. The van der Waals surface area contributed by atoms with Crippen molar-refractivity contribution in [3.63, 3.8) is 0 Å². The molecule has 2 aromatic rings. The molecule has 1 heterocycles. The average Bonchev–Trinajstić information content (AvgIpc) is 2.96. The molecule has 2 aliphatic rings. The molecule has 1 aliphatic heterocycles. The van der Waals surface area contributed by atoms with Crippen LogP contribution in [0.5, 0.6) is 0 Å². The van der Waals surface area contributed by atoms with Crippen LogP contribution in [-0.2, 0) is 26.2 Å². The molecule has 2 fully saturated rings. The van der Waals surface area contributed by atoms with Crippen LogP contribution in [-0.4, -0.2) is 25.1 Å². The van der Waals surface area contributed by atoms with Crippen LogP contribution >= 0.6 is 0 Å². The van der Waals surface area contributed by atoms with Crippen LogP contribution in [0.15, 0.2) is 41.3 Å². The number of carbonyl (C=O) groups excluding carboxylic acids is 2. The monoisotopic (exact) mass is 440 g/mol. The Hall–Kier alpha value is -2.67. The summed E-state index contributed by atoms with van der Waals surface area (Å²) in [5.41, 5.74) is 3.66. The summed E-state index contributed by atoms with van der Waals surface area (Å²) in [6.45, 7) is 5.66. The molecule has 1 N–H and O–H groups in total. The Morgan fingerprint density at radius 3 is 2.16 bits per heavy atom. The highest BCUT2D eigenvalue weighted by Gasteiger charge is 2.47. The Labute approximate surface area is 183 Å². The zero-order valence-corrected chi connectivity index (χ0v) is 19.0. The van der Waals surface area contributed by atoms with Crippen molar-refractivity contribution in [3.05, 3.63) is 58.7 Å². The SMILES string of the molecule is Cc1ccc(NS(=O)(=O)c2cc(CN3C(=O)[C@H]4CCCC[C@@H]4C3=O)ccc2C)c(C)c1. The minimum Gasteiger partial charge on any atom is -0.279 e. The number of fused-ring (bicyclic) bond motifs is 1. The number of nitrogens with one attached hydrogen (secondary N) is 1. The van der Waals surface area contributed by atoms with Crippen molar-refractivity contribution < 1.29 is 18.0 Å². The molecule has 2 aromatic carbocycles. The van der Waals surface area contributed by atoms with E-state index in [-0.39, 0.29) is 35.1 Å².